The Morgan fingerprint density at radius 1 is 0.360 bits per heavy atom. The molecule has 75 heavy (non-hydrogen) atoms. The quantitative estimate of drug-likeness (QED) is 0.0198. The van der Waals surface area contributed by atoms with Gasteiger partial charge in [0.25, 0.3) is 0 Å². The molecule has 2 rings (SSSR count). The average molecular weight is 1120 g/mol. The predicted octanol–water partition coefficient (Wildman–Crippen LogP) is 14.0. The van der Waals surface area contributed by atoms with E-state index in [0.717, 1.165) is 38.5 Å². The summed E-state index contributed by atoms with van der Waals surface area (Å²) in [5.74, 6) is -2.69. The van der Waals surface area contributed by atoms with Crippen molar-refractivity contribution in [3.63, 3.8) is 0 Å². The molecular formula is C58H94CaO14S2. The SMILES string of the molecule is CCCCCCCCCCCCCCCCCOC(=O)c1ccccc1C(=O)OCCC(C)S(=O)(=O)[O-].CCCCCCCCCCCCCCCCCOC(=O)c1ccccc1C(=O)OCCC(C)S(=O)(=O)[O-].[Ca+2]. The topological polar surface area (TPSA) is 220 Å². The fraction of sp³-hybridized carbons (Fsp3) is 0.724. The normalized spacial score (nSPS) is 12.1. The maximum absolute atomic E-state index is 12.5. The third kappa shape index (κ3) is 37.8. The summed E-state index contributed by atoms with van der Waals surface area (Å²) in [6.45, 7) is 7.15. The minimum absolute atomic E-state index is 0. The van der Waals surface area contributed by atoms with Crippen molar-refractivity contribution in [3.05, 3.63) is 70.8 Å². The van der Waals surface area contributed by atoms with Crippen LogP contribution in [0.15, 0.2) is 48.5 Å². The Morgan fingerprint density at radius 3 is 0.747 bits per heavy atom. The molecule has 0 N–H and O–H groups in total. The van der Waals surface area contributed by atoms with Gasteiger partial charge in [-0.3, -0.25) is 0 Å². The van der Waals surface area contributed by atoms with Crippen molar-refractivity contribution in [2.45, 2.75) is 244 Å². The van der Waals surface area contributed by atoms with Crippen LogP contribution in [0, 0.1) is 0 Å². The monoisotopic (exact) mass is 1120 g/mol. The van der Waals surface area contributed by atoms with Crippen LogP contribution in [0.1, 0.15) is 275 Å². The van der Waals surface area contributed by atoms with E-state index in [9.17, 15) is 45.1 Å². The van der Waals surface area contributed by atoms with Crippen LogP contribution < -0.4 is 0 Å². The van der Waals surface area contributed by atoms with Crippen LogP contribution in [0.3, 0.4) is 0 Å². The van der Waals surface area contributed by atoms with Crippen LogP contribution in [0.4, 0.5) is 0 Å². The molecule has 0 radical (unpaired) electrons. The second kappa shape index (κ2) is 46.3. The number of carbonyl (C=O) groups excluding carboxylic acids is 4. The van der Waals surface area contributed by atoms with Crippen molar-refractivity contribution in [1.29, 1.82) is 0 Å². The Morgan fingerprint density at radius 2 is 0.547 bits per heavy atom. The van der Waals surface area contributed by atoms with Gasteiger partial charge in [-0.1, -0.05) is 218 Å². The zero-order valence-electron chi connectivity index (χ0n) is 46.5. The Hall–Kier alpha value is -2.60. The van der Waals surface area contributed by atoms with E-state index in [2.05, 4.69) is 13.8 Å². The van der Waals surface area contributed by atoms with Crippen LogP contribution in [0.2, 0.25) is 0 Å². The molecule has 0 amide bonds. The molecule has 0 bridgehead atoms. The van der Waals surface area contributed by atoms with Gasteiger partial charge in [0.2, 0.25) is 0 Å². The van der Waals surface area contributed by atoms with Gasteiger partial charge in [-0.25, -0.2) is 36.0 Å². The van der Waals surface area contributed by atoms with E-state index in [-0.39, 0.29) is 86.0 Å². The maximum Gasteiger partial charge on any atom is 2.00 e. The Kier molecular flexibility index (Phi) is 44.7. The van der Waals surface area contributed by atoms with Crippen molar-refractivity contribution in [1.82, 2.24) is 0 Å². The van der Waals surface area contributed by atoms with E-state index in [1.807, 2.05) is 0 Å². The van der Waals surface area contributed by atoms with Gasteiger partial charge < -0.3 is 28.1 Å². The summed E-state index contributed by atoms with van der Waals surface area (Å²) in [5, 5.41) is -2.31. The molecule has 2 atom stereocenters. The maximum atomic E-state index is 12.5. The molecule has 0 saturated heterocycles. The van der Waals surface area contributed by atoms with Crippen LogP contribution >= 0.6 is 0 Å². The number of benzene rings is 2. The molecule has 0 spiro atoms. The molecule has 0 aromatic heterocycles. The van der Waals surface area contributed by atoms with Gasteiger partial charge in [0.1, 0.15) is 0 Å². The van der Waals surface area contributed by atoms with Crippen molar-refractivity contribution in [3.8, 4) is 0 Å². The fourth-order valence-electron chi connectivity index (χ4n) is 8.19. The Balaban J connectivity index is 0.00000144. The van der Waals surface area contributed by atoms with Gasteiger partial charge in [0, 0.05) is 10.5 Å². The number of carbonyl (C=O) groups is 4. The molecule has 2 unspecified atom stereocenters. The zero-order chi connectivity index (χ0) is 54.7. The summed E-state index contributed by atoms with van der Waals surface area (Å²) in [5.41, 5.74) is 0.333. The van der Waals surface area contributed by atoms with E-state index in [1.54, 1.807) is 24.3 Å². The van der Waals surface area contributed by atoms with E-state index in [0.29, 0.717) is 13.2 Å². The molecule has 2 aromatic carbocycles. The number of esters is 4. The van der Waals surface area contributed by atoms with Gasteiger partial charge in [-0.2, -0.15) is 0 Å². The largest absolute Gasteiger partial charge is 2.00 e. The molecule has 0 aliphatic carbocycles. The Labute approximate surface area is 483 Å². The third-order valence-electron chi connectivity index (χ3n) is 13.2. The van der Waals surface area contributed by atoms with Crippen LogP contribution in [-0.4, -0.2) is 124 Å². The van der Waals surface area contributed by atoms with Crippen LogP contribution in [0.5, 0.6) is 0 Å². The van der Waals surface area contributed by atoms with E-state index in [4.69, 9.17) is 18.9 Å². The van der Waals surface area contributed by atoms with E-state index >= 15 is 0 Å². The van der Waals surface area contributed by atoms with Crippen LogP contribution in [-0.2, 0) is 39.2 Å². The number of unbranched alkanes of at least 4 members (excludes halogenated alkanes) is 28. The van der Waals surface area contributed by atoms with Crippen LogP contribution in [0.25, 0.3) is 0 Å². The fourth-order valence-corrected chi connectivity index (χ4v) is 8.96. The smallest absolute Gasteiger partial charge is 0.748 e. The summed E-state index contributed by atoms with van der Waals surface area (Å²) in [6.07, 6.45) is 37.6. The summed E-state index contributed by atoms with van der Waals surface area (Å²) >= 11 is 0. The molecule has 0 saturated carbocycles. The second-order valence-electron chi connectivity index (χ2n) is 19.7. The first-order valence-corrected chi connectivity index (χ1v) is 31.2. The molecular weight excluding hydrogens is 1020 g/mol. The number of hydrogen-bond acceptors (Lipinski definition) is 14. The first-order chi connectivity index (χ1) is 35.5. The van der Waals surface area contributed by atoms with Gasteiger partial charge in [-0.05, 0) is 63.8 Å². The van der Waals surface area contributed by atoms with Gasteiger partial charge >= 0.3 is 61.6 Å². The molecule has 0 heterocycles. The minimum atomic E-state index is -4.43. The molecule has 0 aliphatic rings. The van der Waals surface area contributed by atoms with Crippen molar-refractivity contribution in [2.75, 3.05) is 26.4 Å². The molecule has 2 aromatic rings. The van der Waals surface area contributed by atoms with Crippen molar-refractivity contribution >= 4 is 81.9 Å². The Bertz CT molecular complexity index is 1880. The van der Waals surface area contributed by atoms with Gasteiger partial charge in [-0.15, -0.1) is 0 Å². The standard InChI is InChI=1S/2C29H48O7S.Ca/c2*1-3-4-5-6-7-8-9-10-11-12-13-14-15-16-19-23-35-28(30)26-20-17-18-21-27(26)29(31)36-24-22-25(2)37(32,33)34;/h2*17-18,20-21,25H,3-16,19,22-24H2,1-2H3,(H,32,33,34);/q;;+2/p-2. The molecule has 424 valence electrons. The molecule has 14 nitrogen and oxygen atoms in total. The average Bonchev–Trinajstić information content (AvgIpc) is 3.37. The van der Waals surface area contributed by atoms with E-state index in [1.165, 1.54) is 192 Å². The summed E-state index contributed by atoms with van der Waals surface area (Å²) < 4.78 is 86.6. The van der Waals surface area contributed by atoms with Gasteiger partial charge in [0.15, 0.2) is 0 Å². The predicted molar refractivity (Wildman–Crippen MR) is 297 cm³/mol. The first-order valence-electron chi connectivity index (χ1n) is 28.3. The molecule has 0 aliphatic heterocycles. The third-order valence-corrected chi connectivity index (χ3v) is 15.6. The summed E-state index contributed by atoms with van der Waals surface area (Å²) in [7, 11) is -8.86. The summed E-state index contributed by atoms with van der Waals surface area (Å²) in [6, 6.07) is 12.4. The number of ether oxygens (including phenoxy) is 4. The number of rotatable bonds is 44. The van der Waals surface area contributed by atoms with Crippen molar-refractivity contribution in [2.24, 2.45) is 0 Å². The second-order valence-corrected chi connectivity index (χ2v) is 23.3. The minimum Gasteiger partial charge on any atom is -0.748 e. The van der Waals surface area contributed by atoms with Gasteiger partial charge in [0.05, 0.1) is 68.9 Å². The van der Waals surface area contributed by atoms with Crippen molar-refractivity contribution < 1.29 is 64.1 Å². The summed E-state index contributed by atoms with van der Waals surface area (Å²) in [4.78, 5) is 49.7. The molecule has 0 fully saturated rings. The first kappa shape index (κ1) is 72.4. The number of hydrogen-bond donors (Lipinski definition) is 0. The van der Waals surface area contributed by atoms with E-state index < -0.39 is 54.6 Å². The zero-order valence-corrected chi connectivity index (χ0v) is 50.3. The molecule has 17 heteroatoms.